The Kier molecular flexibility index (Phi) is 5.10. The number of sulfonamides is 1. The molecule has 0 fully saturated rings. The van der Waals surface area contributed by atoms with Crippen molar-refractivity contribution in [1.82, 2.24) is 10.5 Å². The van der Waals surface area contributed by atoms with Gasteiger partial charge in [-0.15, -0.1) is 0 Å². The second-order valence-corrected chi connectivity index (χ2v) is 8.82. The Morgan fingerprint density at radius 2 is 2.00 bits per heavy atom. The molecule has 2 aromatic carbocycles. The fraction of sp³-hybridized carbons (Fsp3) is 0.238. The lowest BCUT2D eigenvalue weighted by atomic mass is 10.0. The average Bonchev–Trinajstić information content (AvgIpc) is 3.16. The summed E-state index contributed by atoms with van der Waals surface area (Å²) in [6.07, 6.45) is 1.61. The summed E-state index contributed by atoms with van der Waals surface area (Å²) in [5, 5.41) is 6.49. The molecule has 29 heavy (non-hydrogen) atoms. The number of anilines is 1. The second-order valence-electron chi connectivity index (χ2n) is 6.95. The zero-order valence-corrected chi connectivity index (χ0v) is 16.8. The van der Waals surface area contributed by atoms with Crippen LogP contribution in [0.2, 0.25) is 0 Å². The monoisotopic (exact) mass is 411 g/mol. The van der Waals surface area contributed by atoms with Crippen LogP contribution in [0.5, 0.6) is 0 Å². The van der Waals surface area contributed by atoms with Crippen molar-refractivity contribution in [2.24, 2.45) is 0 Å². The number of nitrogens with zero attached hydrogens (tertiary/aromatic N) is 2. The predicted octanol–water partition coefficient (Wildman–Crippen LogP) is 3.05. The highest BCUT2D eigenvalue weighted by Gasteiger charge is 2.29. The summed E-state index contributed by atoms with van der Waals surface area (Å²) in [5.41, 5.74) is 2.71. The number of rotatable bonds is 5. The van der Waals surface area contributed by atoms with Crippen LogP contribution in [0.3, 0.4) is 0 Å². The van der Waals surface area contributed by atoms with E-state index < -0.39 is 10.0 Å². The lowest BCUT2D eigenvalue weighted by Crippen LogP contribution is -2.35. The van der Waals surface area contributed by atoms with Crippen LogP contribution in [0.25, 0.3) is 0 Å². The summed E-state index contributed by atoms with van der Waals surface area (Å²) in [6, 6.07) is 15.3. The van der Waals surface area contributed by atoms with Crippen LogP contribution in [-0.2, 0) is 23.0 Å². The van der Waals surface area contributed by atoms with Gasteiger partial charge in [0.15, 0.2) is 5.76 Å². The molecule has 0 unspecified atom stereocenters. The first-order valence-electron chi connectivity index (χ1n) is 9.36. The van der Waals surface area contributed by atoms with E-state index in [1.54, 1.807) is 25.1 Å². The van der Waals surface area contributed by atoms with Crippen molar-refractivity contribution in [1.29, 1.82) is 0 Å². The van der Waals surface area contributed by atoms with Crippen LogP contribution in [-0.4, -0.2) is 26.0 Å². The van der Waals surface area contributed by atoms with Crippen molar-refractivity contribution < 1.29 is 17.7 Å². The molecule has 0 spiro atoms. The lowest BCUT2D eigenvalue weighted by Gasteiger charge is -2.30. The Bertz CT molecular complexity index is 1150. The van der Waals surface area contributed by atoms with E-state index >= 15 is 0 Å². The minimum Gasteiger partial charge on any atom is -0.359 e. The number of benzene rings is 2. The van der Waals surface area contributed by atoms with Gasteiger partial charge in [-0.05, 0) is 49.6 Å². The molecular formula is C21H21N3O4S. The van der Waals surface area contributed by atoms with E-state index in [2.05, 4.69) is 10.5 Å². The van der Waals surface area contributed by atoms with Crippen LogP contribution < -0.4 is 9.62 Å². The normalized spacial score (nSPS) is 13.8. The standard InChI is InChI=1S/C21H21N3O4S/c1-15-12-18(28-23-15)14-22-21(25)17-7-4-9-19(13-17)29(26,27)24-11-5-8-16-6-2-3-10-20(16)24/h2-4,6-7,9-10,12-13H,5,8,11,14H2,1H3,(H,22,25). The largest absolute Gasteiger partial charge is 0.359 e. The van der Waals surface area contributed by atoms with Gasteiger partial charge in [-0.1, -0.05) is 29.4 Å². The quantitative estimate of drug-likeness (QED) is 0.697. The zero-order valence-electron chi connectivity index (χ0n) is 16.0. The summed E-state index contributed by atoms with van der Waals surface area (Å²) in [7, 11) is -3.77. The van der Waals surface area contributed by atoms with Crippen molar-refractivity contribution in [3.05, 3.63) is 77.2 Å². The van der Waals surface area contributed by atoms with Crippen LogP contribution in [0, 0.1) is 6.92 Å². The van der Waals surface area contributed by atoms with Gasteiger partial charge in [-0.2, -0.15) is 0 Å². The summed E-state index contributed by atoms with van der Waals surface area (Å²) in [5.74, 6) is 0.152. The first kappa shape index (κ1) is 19.2. The molecule has 2 heterocycles. The van der Waals surface area contributed by atoms with E-state index in [-0.39, 0.29) is 22.9 Å². The van der Waals surface area contributed by atoms with Crippen molar-refractivity contribution in [2.75, 3.05) is 10.8 Å². The Labute approximate surface area is 169 Å². The van der Waals surface area contributed by atoms with Gasteiger partial charge in [0, 0.05) is 18.2 Å². The Balaban J connectivity index is 1.57. The SMILES string of the molecule is Cc1cc(CNC(=O)c2cccc(S(=O)(=O)N3CCCc4ccccc43)c2)on1. The molecule has 1 amide bonds. The van der Waals surface area contributed by atoms with E-state index in [1.807, 2.05) is 24.3 Å². The molecule has 4 rings (SSSR count). The maximum Gasteiger partial charge on any atom is 0.264 e. The molecule has 0 saturated heterocycles. The predicted molar refractivity (Wildman–Crippen MR) is 108 cm³/mol. The van der Waals surface area contributed by atoms with Crippen molar-refractivity contribution >= 4 is 21.6 Å². The number of para-hydroxylation sites is 1. The number of nitrogens with one attached hydrogen (secondary N) is 1. The van der Waals surface area contributed by atoms with Gasteiger partial charge >= 0.3 is 0 Å². The highest BCUT2D eigenvalue weighted by atomic mass is 32.2. The summed E-state index contributed by atoms with van der Waals surface area (Å²) >= 11 is 0. The topological polar surface area (TPSA) is 92.5 Å². The maximum atomic E-state index is 13.3. The Morgan fingerprint density at radius 3 is 2.79 bits per heavy atom. The van der Waals surface area contributed by atoms with E-state index in [9.17, 15) is 13.2 Å². The molecule has 1 N–H and O–H groups in total. The first-order chi connectivity index (χ1) is 13.9. The maximum absolute atomic E-state index is 13.3. The third kappa shape index (κ3) is 3.88. The fourth-order valence-corrected chi connectivity index (χ4v) is 5.03. The molecule has 0 bridgehead atoms. The van der Waals surface area contributed by atoms with E-state index in [1.165, 1.54) is 16.4 Å². The minimum absolute atomic E-state index is 0.0948. The van der Waals surface area contributed by atoms with Gasteiger partial charge in [0.05, 0.1) is 22.8 Å². The molecule has 3 aromatic rings. The van der Waals surface area contributed by atoms with Crippen molar-refractivity contribution in [3.63, 3.8) is 0 Å². The molecule has 7 nitrogen and oxygen atoms in total. The molecule has 1 aliphatic rings. The van der Waals surface area contributed by atoms with E-state index in [0.29, 0.717) is 18.0 Å². The second kappa shape index (κ2) is 7.71. The Hall–Kier alpha value is -3.13. The molecule has 0 radical (unpaired) electrons. The number of aromatic nitrogens is 1. The zero-order chi connectivity index (χ0) is 20.4. The number of carbonyl (C=O) groups is 1. The van der Waals surface area contributed by atoms with Gasteiger partial charge in [0.2, 0.25) is 0 Å². The molecule has 1 aromatic heterocycles. The minimum atomic E-state index is -3.77. The fourth-order valence-electron chi connectivity index (χ4n) is 3.44. The summed E-state index contributed by atoms with van der Waals surface area (Å²) in [4.78, 5) is 12.6. The van der Waals surface area contributed by atoms with E-state index in [4.69, 9.17) is 4.52 Å². The van der Waals surface area contributed by atoms with Gasteiger partial charge in [0.1, 0.15) is 0 Å². The number of amides is 1. The van der Waals surface area contributed by atoms with Gasteiger partial charge < -0.3 is 9.84 Å². The van der Waals surface area contributed by atoms with Gasteiger partial charge in [0.25, 0.3) is 15.9 Å². The molecule has 0 aliphatic carbocycles. The third-order valence-electron chi connectivity index (χ3n) is 4.85. The summed E-state index contributed by atoms with van der Waals surface area (Å²) in [6.45, 7) is 2.39. The van der Waals surface area contributed by atoms with Gasteiger partial charge in [-0.3, -0.25) is 9.10 Å². The molecule has 150 valence electrons. The Morgan fingerprint density at radius 1 is 1.17 bits per heavy atom. The lowest BCUT2D eigenvalue weighted by molar-refractivity contribution is 0.0947. The first-order valence-corrected chi connectivity index (χ1v) is 10.8. The summed E-state index contributed by atoms with van der Waals surface area (Å²) < 4.78 is 33.1. The molecule has 8 heteroatoms. The van der Waals surface area contributed by atoms with E-state index in [0.717, 1.165) is 24.1 Å². The number of aryl methyl sites for hydroxylation is 2. The van der Waals surface area contributed by atoms with Crippen LogP contribution in [0.4, 0.5) is 5.69 Å². The highest BCUT2D eigenvalue weighted by Crippen LogP contribution is 2.31. The van der Waals surface area contributed by atoms with Crippen LogP contribution in [0.1, 0.15) is 33.8 Å². The number of carbonyl (C=O) groups excluding carboxylic acids is 1. The third-order valence-corrected chi connectivity index (χ3v) is 6.66. The van der Waals surface area contributed by atoms with Crippen LogP contribution >= 0.6 is 0 Å². The molecule has 0 atom stereocenters. The average molecular weight is 411 g/mol. The highest BCUT2D eigenvalue weighted by molar-refractivity contribution is 7.92. The van der Waals surface area contributed by atoms with Crippen molar-refractivity contribution in [3.8, 4) is 0 Å². The smallest absolute Gasteiger partial charge is 0.264 e. The number of fused-ring (bicyclic) bond motifs is 1. The number of hydrogen-bond acceptors (Lipinski definition) is 5. The van der Waals surface area contributed by atoms with Gasteiger partial charge in [-0.25, -0.2) is 8.42 Å². The molecule has 0 saturated carbocycles. The molecular weight excluding hydrogens is 390 g/mol. The van der Waals surface area contributed by atoms with Crippen LogP contribution in [0.15, 0.2) is 64.0 Å². The molecule has 1 aliphatic heterocycles. The number of hydrogen-bond donors (Lipinski definition) is 1. The van der Waals surface area contributed by atoms with Crippen molar-refractivity contribution in [2.45, 2.75) is 31.2 Å².